The van der Waals surface area contributed by atoms with Gasteiger partial charge in [0, 0.05) is 37.2 Å². The molecular weight excluding hydrogens is 422 g/mol. The number of aromatic nitrogens is 3. The minimum Gasteiger partial charge on any atom is -0.394 e. The molecule has 3 atom stereocenters. The Morgan fingerprint density at radius 2 is 2.13 bits per heavy atom. The summed E-state index contributed by atoms with van der Waals surface area (Å²) in [6, 6.07) is 2.39. The molecule has 1 saturated carbocycles. The van der Waals surface area contributed by atoms with E-state index >= 15 is 0 Å². The van der Waals surface area contributed by atoms with Crippen molar-refractivity contribution in [2.45, 2.75) is 60.9 Å². The standard InChI is InChI=1S/C21H26ClN5O2S/c1-30(29)17-9-14-8-16-7-13(18-23-10-15(22)11-24-18)3-6-27(16)20(14)25-19(17)26-21(12-28)4-2-5-21/h9-11,13,16,28H,2-8,12H2,1H3,(H,25,26)/t13?,16?,30-/m1/s1. The van der Waals surface area contributed by atoms with Crippen molar-refractivity contribution in [2.24, 2.45) is 0 Å². The van der Waals surface area contributed by atoms with Gasteiger partial charge in [0.15, 0.2) is 0 Å². The van der Waals surface area contributed by atoms with Crippen LogP contribution >= 0.6 is 11.6 Å². The predicted octanol–water partition coefficient (Wildman–Crippen LogP) is 2.90. The quantitative estimate of drug-likeness (QED) is 0.728. The summed E-state index contributed by atoms with van der Waals surface area (Å²) in [6.45, 7) is 0.955. The Morgan fingerprint density at radius 1 is 1.37 bits per heavy atom. The third-order valence-electron chi connectivity index (χ3n) is 6.80. The number of nitrogens with one attached hydrogen (secondary N) is 1. The largest absolute Gasteiger partial charge is 0.394 e. The van der Waals surface area contributed by atoms with Gasteiger partial charge < -0.3 is 15.3 Å². The van der Waals surface area contributed by atoms with Crippen LogP contribution in [0, 0.1) is 0 Å². The van der Waals surface area contributed by atoms with E-state index in [1.165, 1.54) is 0 Å². The molecule has 7 nitrogen and oxygen atoms in total. The normalized spacial score (nSPS) is 25.2. The van der Waals surface area contributed by atoms with Gasteiger partial charge in [-0.05, 0) is 50.2 Å². The lowest BCUT2D eigenvalue weighted by atomic mass is 9.77. The smallest absolute Gasteiger partial charge is 0.145 e. The van der Waals surface area contributed by atoms with Crippen LogP contribution in [0.3, 0.4) is 0 Å². The Kier molecular flexibility index (Phi) is 5.19. The van der Waals surface area contributed by atoms with E-state index in [-0.39, 0.29) is 12.1 Å². The molecule has 4 heterocycles. The maximum atomic E-state index is 12.5. The lowest BCUT2D eigenvalue weighted by molar-refractivity contribution is 0.143. The number of aliphatic hydroxyl groups is 1. The zero-order chi connectivity index (χ0) is 20.9. The molecule has 2 aromatic heterocycles. The summed E-state index contributed by atoms with van der Waals surface area (Å²) >= 11 is 5.94. The molecule has 2 N–H and O–H groups in total. The van der Waals surface area contributed by atoms with Crippen molar-refractivity contribution in [1.29, 1.82) is 0 Å². The van der Waals surface area contributed by atoms with Crippen LogP contribution in [0.25, 0.3) is 0 Å². The van der Waals surface area contributed by atoms with Crippen molar-refractivity contribution in [3.63, 3.8) is 0 Å². The van der Waals surface area contributed by atoms with Gasteiger partial charge in [-0.3, -0.25) is 4.21 Å². The third kappa shape index (κ3) is 3.48. The highest BCUT2D eigenvalue weighted by atomic mass is 35.5. The van der Waals surface area contributed by atoms with Gasteiger partial charge in [0.25, 0.3) is 0 Å². The highest BCUT2D eigenvalue weighted by Gasteiger charge is 2.40. The van der Waals surface area contributed by atoms with E-state index in [0.29, 0.717) is 22.8 Å². The van der Waals surface area contributed by atoms with E-state index in [1.54, 1.807) is 18.6 Å². The minimum absolute atomic E-state index is 0.0661. The number of nitrogens with zero attached hydrogens (tertiary/aromatic N) is 4. The maximum Gasteiger partial charge on any atom is 0.145 e. The van der Waals surface area contributed by atoms with E-state index in [2.05, 4.69) is 26.3 Å². The number of fused-ring (bicyclic) bond motifs is 3. The van der Waals surface area contributed by atoms with Crippen LogP contribution in [0.5, 0.6) is 0 Å². The lowest BCUT2D eigenvalue weighted by Gasteiger charge is -2.42. The van der Waals surface area contributed by atoms with E-state index in [4.69, 9.17) is 16.6 Å². The molecular formula is C21H26ClN5O2S. The van der Waals surface area contributed by atoms with Gasteiger partial charge in [-0.1, -0.05) is 11.6 Å². The van der Waals surface area contributed by atoms with Crippen molar-refractivity contribution in [2.75, 3.05) is 29.6 Å². The molecule has 1 aliphatic carbocycles. The summed E-state index contributed by atoms with van der Waals surface area (Å²) in [5.74, 6) is 2.81. The zero-order valence-electron chi connectivity index (χ0n) is 17.0. The fraction of sp³-hybridized carbons (Fsp3) is 0.571. The Balaban J connectivity index is 1.41. The Hall–Kier alpha value is -1.77. The number of anilines is 2. The molecule has 30 heavy (non-hydrogen) atoms. The Labute approximate surface area is 183 Å². The Morgan fingerprint density at radius 3 is 2.77 bits per heavy atom. The summed E-state index contributed by atoms with van der Waals surface area (Å²) < 4.78 is 12.5. The average molecular weight is 448 g/mol. The predicted molar refractivity (Wildman–Crippen MR) is 118 cm³/mol. The van der Waals surface area contributed by atoms with Gasteiger partial charge >= 0.3 is 0 Å². The fourth-order valence-corrected chi connectivity index (χ4v) is 5.73. The Bertz CT molecular complexity index is 977. The van der Waals surface area contributed by atoms with Gasteiger partial charge in [-0.2, -0.15) is 0 Å². The van der Waals surface area contributed by atoms with Crippen molar-refractivity contribution < 1.29 is 9.32 Å². The molecule has 2 unspecified atom stereocenters. The number of rotatable bonds is 5. The van der Waals surface area contributed by atoms with Crippen LogP contribution in [0.1, 0.15) is 49.4 Å². The molecule has 0 spiro atoms. The average Bonchev–Trinajstić information content (AvgIpc) is 3.07. The second kappa shape index (κ2) is 7.73. The molecule has 160 valence electrons. The van der Waals surface area contributed by atoms with Crippen LogP contribution < -0.4 is 10.2 Å². The summed E-state index contributed by atoms with van der Waals surface area (Å²) in [6.07, 6.45) is 10.7. The number of hydrogen-bond donors (Lipinski definition) is 2. The number of halogens is 1. The first-order valence-corrected chi connectivity index (χ1v) is 12.4. The SMILES string of the molecule is C[S@@](=O)c1cc2c(nc1NC1(CO)CCC1)N1CCC(c3ncc(Cl)cn3)CC1C2. The number of hydrogen-bond acceptors (Lipinski definition) is 7. The van der Waals surface area contributed by atoms with Crippen LogP contribution in [0.15, 0.2) is 23.4 Å². The van der Waals surface area contributed by atoms with Gasteiger partial charge in [0.1, 0.15) is 17.5 Å². The number of piperidine rings is 1. The molecule has 2 fully saturated rings. The third-order valence-corrected chi connectivity index (χ3v) is 7.92. The first kappa shape index (κ1) is 20.2. The first-order valence-electron chi connectivity index (χ1n) is 10.5. The maximum absolute atomic E-state index is 12.5. The van der Waals surface area contributed by atoms with E-state index < -0.39 is 10.8 Å². The summed E-state index contributed by atoms with van der Waals surface area (Å²) in [7, 11) is -1.15. The molecule has 0 radical (unpaired) electrons. The van der Waals surface area contributed by atoms with Crippen molar-refractivity contribution in [1.82, 2.24) is 15.0 Å². The zero-order valence-corrected chi connectivity index (χ0v) is 18.5. The van der Waals surface area contributed by atoms with Crippen molar-refractivity contribution >= 4 is 34.0 Å². The molecule has 1 saturated heterocycles. The van der Waals surface area contributed by atoms with E-state index in [1.807, 2.05) is 0 Å². The molecule has 0 amide bonds. The monoisotopic (exact) mass is 447 g/mol. The second-order valence-corrected chi connectivity index (χ2v) is 10.5. The topological polar surface area (TPSA) is 91.2 Å². The van der Waals surface area contributed by atoms with Gasteiger partial charge in [0.2, 0.25) is 0 Å². The molecule has 5 rings (SSSR count). The highest BCUT2D eigenvalue weighted by Crippen LogP contribution is 2.43. The minimum atomic E-state index is -1.15. The van der Waals surface area contributed by atoms with Crippen LogP contribution in [-0.2, 0) is 17.2 Å². The second-order valence-electron chi connectivity index (χ2n) is 8.72. The fourth-order valence-electron chi connectivity index (χ4n) is 4.95. The first-order chi connectivity index (χ1) is 14.5. The van der Waals surface area contributed by atoms with Crippen molar-refractivity contribution in [3.8, 4) is 0 Å². The van der Waals surface area contributed by atoms with Gasteiger partial charge in [0.05, 0.1) is 32.9 Å². The number of pyridine rings is 1. The summed E-state index contributed by atoms with van der Waals surface area (Å²) in [5.41, 5.74) is 0.826. The van der Waals surface area contributed by atoms with E-state index in [0.717, 1.165) is 67.2 Å². The molecule has 3 aliphatic rings. The van der Waals surface area contributed by atoms with Crippen molar-refractivity contribution in [3.05, 3.63) is 34.9 Å². The van der Waals surface area contributed by atoms with Gasteiger partial charge in [-0.15, -0.1) is 0 Å². The molecule has 2 aliphatic heterocycles. The van der Waals surface area contributed by atoms with Crippen LogP contribution in [-0.4, -0.2) is 55.3 Å². The van der Waals surface area contributed by atoms with Crippen LogP contribution in [0.2, 0.25) is 5.02 Å². The molecule has 0 aromatic carbocycles. The molecule has 0 bridgehead atoms. The molecule has 2 aromatic rings. The molecule has 9 heteroatoms. The van der Waals surface area contributed by atoms with Gasteiger partial charge in [-0.25, -0.2) is 15.0 Å². The summed E-state index contributed by atoms with van der Waals surface area (Å²) in [4.78, 5) is 16.9. The van der Waals surface area contributed by atoms with Crippen LogP contribution in [0.4, 0.5) is 11.6 Å². The lowest BCUT2D eigenvalue weighted by Crippen LogP contribution is -2.48. The van der Waals surface area contributed by atoms with E-state index in [9.17, 15) is 9.32 Å². The highest BCUT2D eigenvalue weighted by molar-refractivity contribution is 7.84. The summed E-state index contributed by atoms with van der Waals surface area (Å²) in [5, 5.41) is 13.9. The number of aliphatic hydroxyl groups excluding tert-OH is 1.